The lowest BCUT2D eigenvalue weighted by Gasteiger charge is -2.20. The molecule has 5 heteroatoms. The van der Waals surface area contributed by atoms with Gasteiger partial charge in [-0.25, -0.2) is 8.78 Å². The van der Waals surface area contributed by atoms with E-state index in [9.17, 15) is 8.78 Å². The molecule has 0 aliphatic rings. The van der Waals surface area contributed by atoms with Crippen LogP contribution in [0.5, 0.6) is 5.75 Å². The second-order valence-electron chi connectivity index (χ2n) is 12.0. The maximum absolute atomic E-state index is 14.2. The number of aliphatic hydroxyl groups is 2. The fourth-order valence-electron chi connectivity index (χ4n) is 5.69. The fraction of sp³-hybridized carbons (Fsp3) is 0.676. The molecule has 0 saturated carbocycles. The Balaban J connectivity index is 1.73. The number of hydrogen-bond donors (Lipinski definition) is 2. The van der Waals surface area contributed by atoms with Crippen LogP contribution in [-0.2, 0) is 0 Å². The summed E-state index contributed by atoms with van der Waals surface area (Å²) in [7, 11) is 0. The third-order valence-electron chi connectivity index (χ3n) is 8.29. The van der Waals surface area contributed by atoms with Crippen LogP contribution in [0.15, 0.2) is 42.5 Å². The molecular weight excluding hydrogens is 530 g/mol. The molecule has 0 saturated heterocycles. The molecular formula is C37H58F2O3. The lowest BCUT2D eigenvalue weighted by Crippen LogP contribution is -2.16. The van der Waals surface area contributed by atoms with Gasteiger partial charge in [-0.3, -0.25) is 0 Å². The molecule has 0 unspecified atom stereocenters. The third kappa shape index (κ3) is 16.6. The Labute approximate surface area is 255 Å². The molecule has 2 aromatic carbocycles. The lowest BCUT2D eigenvalue weighted by molar-refractivity contribution is 0.172. The Morgan fingerprint density at radius 3 is 1.33 bits per heavy atom. The number of halogens is 2. The monoisotopic (exact) mass is 588 g/mol. The summed E-state index contributed by atoms with van der Waals surface area (Å²) in [5.41, 5.74) is 0.922. The zero-order valence-corrected chi connectivity index (χ0v) is 26.1. The summed E-state index contributed by atoms with van der Waals surface area (Å²) in [5.74, 6) is -0.848. The maximum atomic E-state index is 14.2. The van der Waals surface area contributed by atoms with E-state index in [4.69, 9.17) is 14.9 Å². The van der Waals surface area contributed by atoms with Gasteiger partial charge in [-0.15, -0.1) is 0 Å². The molecule has 42 heavy (non-hydrogen) atoms. The Bertz CT molecular complexity index is 876. The number of ether oxygens (including phenoxy) is 1. The van der Waals surface area contributed by atoms with Crippen LogP contribution in [0.4, 0.5) is 8.78 Å². The minimum Gasteiger partial charge on any atom is -0.490 e. The zero-order chi connectivity index (χ0) is 30.1. The highest BCUT2D eigenvalue weighted by Crippen LogP contribution is 2.28. The van der Waals surface area contributed by atoms with Crippen LogP contribution >= 0.6 is 0 Å². The number of aliphatic hydroxyl groups excluding tert-OH is 2. The molecule has 2 rings (SSSR count). The van der Waals surface area contributed by atoms with Gasteiger partial charge in [-0.05, 0) is 62.3 Å². The van der Waals surface area contributed by atoms with Crippen LogP contribution in [0, 0.1) is 11.6 Å². The van der Waals surface area contributed by atoms with Crippen molar-refractivity contribution in [2.24, 2.45) is 0 Å². The topological polar surface area (TPSA) is 49.7 Å². The van der Waals surface area contributed by atoms with E-state index in [1.54, 1.807) is 6.07 Å². The summed E-state index contributed by atoms with van der Waals surface area (Å²) < 4.78 is 34.4. The first-order valence-corrected chi connectivity index (χ1v) is 17.1. The Morgan fingerprint density at radius 1 is 0.500 bits per heavy atom. The van der Waals surface area contributed by atoms with Crippen molar-refractivity contribution in [3.05, 3.63) is 54.1 Å². The highest BCUT2D eigenvalue weighted by Gasteiger charge is 2.13. The maximum Gasteiger partial charge on any atom is 0.166 e. The van der Waals surface area contributed by atoms with E-state index in [1.165, 1.54) is 109 Å². The molecule has 0 atom stereocenters. The van der Waals surface area contributed by atoms with E-state index in [2.05, 4.69) is 0 Å². The number of unbranched alkanes of at least 4 members (excludes halogenated alkanes) is 18. The summed E-state index contributed by atoms with van der Waals surface area (Å²) in [6.07, 6.45) is 26.7. The highest BCUT2D eigenvalue weighted by atomic mass is 19.2. The molecule has 0 bridgehead atoms. The summed E-state index contributed by atoms with van der Waals surface area (Å²) in [4.78, 5) is 0. The first-order valence-electron chi connectivity index (χ1n) is 17.1. The molecule has 238 valence electrons. The Hall–Kier alpha value is -1.98. The molecule has 0 aliphatic heterocycles. The van der Waals surface area contributed by atoms with Crippen molar-refractivity contribution in [1.29, 1.82) is 0 Å². The molecule has 0 amide bonds. The predicted molar refractivity (Wildman–Crippen MR) is 172 cm³/mol. The van der Waals surface area contributed by atoms with Gasteiger partial charge < -0.3 is 14.9 Å². The molecule has 0 aliphatic carbocycles. The summed E-state index contributed by atoms with van der Waals surface area (Å²) in [5, 5.41) is 17.7. The van der Waals surface area contributed by atoms with E-state index in [1.807, 2.05) is 24.3 Å². The minimum absolute atomic E-state index is 0.180. The van der Waals surface area contributed by atoms with Crippen LogP contribution < -0.4 is 4.74 Å². The van der Waals surface area contributed by atoms with Crippen LogP contribution in [0.3, 0.4) is 0 Å². The molecule has 2 N–H and O–H groups in total. The normalized spacial score (nSPS) is 11.5. The van der Waals surface area contributed by atoms with Crippen molar-refractivity contribution >= 4 is 0 Å². The van der Waals surface area contributed by atoms with Gasteiger partial charge in [-0.2, -0.15) is 0 Å². The Morgan fingerprint density at radius 2 is 0.905 bits per heavy atom. The van der Waals surface area contributed by atoms with Gasteiger partial charge in [0.05, 0.1) is 6.10 Å². The van der Waals surface area contributed by atoms with Gasteiger partial charge in [0.1, 0.15) is 5.75 Å². The van der Waals surface area contributed by atoms with Crippen molar-refractivity contribution in [2.45, 2.75) is 147 Å². The van der Waals surface area contributed by atoms with Gasteiger partial charge in [0.2, 0.25) is 0 Å². The van der Waals surface area contributed by atoms with Gasteiger partial charge >= 0.3 is 0 Å². The second-order valence-corrected chi connectivity index (χ2v) is 12.0. The average molecular weight is 589 g/mol. The number of benzene rings is 2. The molecule has 2 aromatic rings. The molecule has 3 nitrogen and oxygen atoms in total. The van der Waals surface area contributed by atoms with Crippen LogP contribution in [0.25, 0.3) is 11.1 Å². The van der Waals surface area contributed by atoms with E-state index >= 15 is 0 Å². The highest BCUT2D eigenvalue weighted by molar-refractivity contribution is 5.64. The van der Waals surface area contributed by atoms with E-state index in [0.29, 0.717) is 18.8 Å². The molecule has 0 aromatic heterocycles. The van der Waals surface area contributed by atoms with Gasteiger partial charge in [0.15, 0.2) is 11.6 Å². The first kappa shape index (κ1) is 36.2. The first-order chi connectivity index (χ1) is 20.7. The largest absolute Gasteiger partial charge is 0.490 e. The second kappa shape index (κ2) is 24.5. The smallest absolute Gasteiger partial charge is 0.166 e. The summed E-state index contributed by atoms with van der Waals surface area (Å²) >= 11 is 0. The minimum atomic E-state index is -0.830. The zero-order valence-electron chi connectivity index (χ0n) is 26.1. The fourth-order valence-corrected chi connectivity index (χ4v) is 5.69. The predicted octanol–water partition coefficient (Wildman–Crippen LogP) is 10.9. The lowest BCUT2D eigenvalue weighted by atomic mass is 10.0. The standard InChI is InChI=1S/C37H58F2O3/c38-36-25-21-24-35(37(36)39)32-26-28-34(29-27-32)42-33(22-17-13-9-5-1-3-7-11-15-19-30-40)23-18-14-10-6-2-4-8-12-16-20-31-41/h21,24-29,33,40-41H,1-20,22-23,30-31H2. The average Bonchev–Trinajstić information content (AvgIpc) is 3.00. The summed E-state index contributed by atoms with van der Waals surface area (Å²) in [6, 6.07) is 11.7. The molecule has 0 heterocycles. The van der Waals surface area contributed by atoms with Crippen molar-refractivity contribution in [3.8, 4) is 16.9 Å². The van der Waals surface area contributed by atoms with Crippen molar-refractivity contribution < 1.29 is 23.7 Å². The summed E-state index contributed by atoms with van der Waals surface area (Å²) in [6.45, 7) is 0.635. The van der Waals surface area contributed by atoms with Crippen molar-refractivity contribution in [2.75, 3.05) is 13.2 Å². The van der Waals surface area contributed by atoms with E-state index in [0.717, 1.165) is 50.3 Å². The molecule has 0 radical (unpaired) electrons. The van der Waals surface area contributed by atoms with Gasteiger partial charge in [-0.1, -0.05) is 127 Å². The van der Waals surface area contributed by atoms with Gasteiger partial charge in [0, 0.05) is 18.8 Å². The quantitative estimate of drug-likeness (QED) is 0.102. The Kier molecular flexibility index (Phi) is 21.1. The molecule has 0 fully saturated rings. The number of hydrogen-bond acceptors (Lipinski definition) is 3. The van der Waals surface area contributed by atoms with Crippen molar-refractivity contribution in [1.82, 2.24) is 0 Å². The van der Waals surface area contributed by atoms with Gasteiger partial charge in [0.25, 0.3) is 0 Å². The van der Waals surface area contributed by atoms with E-state index in [-0.39, 0.29) is 11.7 Å². The SMILES string of the molecule is OCCCCCCCCCCCCC(CCCCCCCCCCCCO)Oc1ccc(-c2cccc(F)c2F)cc1. The third-order valence-corrected chi connectivity index (χ3v) is 8.29. The van der Waals surface area contributed by atoms with Crippen LogP contribution in [-0.4, -0.2) is 29.5 Å². The molecule has 0 spiro atoms. The van der Waals surface area contributed by atoms with E-state index < -0.39 is 11.6 Å². The van der Waals surface area contributed by atoms with Crippen LogP contribution in [0.2, 0.25) is 0 Å². The number of rotatable bonds is 27. The van der Waals surface area contributed by atoms with Crippen LogP contribution in [0.1, 0.15) is 141 Å². The van der Waals surface area contributed by atoms with Crippen molar-refractivity contribution in [3.63, 3.8) is 0 Å².